The van der Waals surface area contributed by atoms with E-state index in [9.17, 15) is 4.39 Å². The molecule has 3 nitrogen and oxygen atoms in total. The van der Waals surface area contributed by atoms with Gasteiger partial charge < -0.3 is 4.74 Å². The Labute approximate surface area is 103 Å². The van der Waals surface area contributed by atoms with Gasteiger partial charge in [0.2, 0.25) is 0 Å². The number of benzene rings is 1. The molecule has 0 amide bonds. The van der Waals surface area contributed by atoms with Crippen LogP contribution in [-0.2, 0) is 0 Å². The summed E-state index contributed by atoms with van der Waals surface area (Å²) in [5.74, 6) is 1.06. The van der Waals surface area contributed by atoms with Crippen molar-refractivity contribution in [2.24, 2.45) is 0 Å². The Balaban J connectivity index is 2.30. The highest BCUT2D eigenvalue weighted by atomic mass is 19.1. The van der Waals surface area contributed by atoms with Crippen molar-refractivity contribution >= 4 is 5.52 Å². The van der Waals surface area contributed by atoms with E-state index in [2.05, 4.69) is 4.98 Å². The molecular weight excluding hydrogens is 231 g/mol. The average Bonchev–Trinajstić information content (AvgIpc) is 2.82. The minimum Gasteiger partial charge on any atom is -0.482 e. The van der Waals surface area contributed by atoms with Gasteiger partial charge in [-0.1, -0.05) is 18.2 Å². The van der Waals surface area contributed by atoms with Crippen molar-refractivity contribution in [1.82, 2.24) is 9.38 Å². The third-order valence-electron chi connectivity index (χ3n) is 2.81. The fourth-order valence-electron chi connectivity index (χ4n) is 2.01. The Bertz CT molecular complexity index is 706. The molecule has 0 bridgehead atoms. The largest absolute Gasteiger partial charge is 0.482 e. The van der Waals surface area contributed by atoms with Gasteiger partial charge in [-0.05, 0) is 24.3 Å². The van der Waals surface area contributed by atoms with Crippen molar-refractivity contribution in [1.29, 1.82) is 0 Å². The van der Waals surface area contributed by atoms with Crippen LogP contribution in [0.2, 0.25) is 0 Å². The SMILES string of the molecule is COc1cccc2cnc(-c3cccc(F)c3)n12. The van der Waals surface area contributed by atoms with Gasteiger partial charge in [0.25, 0.3) is 0 Å². The number of fused-ring (bicyclic) bond motifs is 1. The first-order valence-corrected chi connectivity index (χ1v) is 5.56. The molecule has 3 rings (SSSR count). The molecule has 1 aromatic carbocycles. The van der Waals surface area contributed by atoms with Crippen LogP contribution in [0.15, 0.2) is 48.7 Å². The fourth-order valence-corrected chi connectivity index (χ4v) is 2.01. The number of ether oxygens (including phenoxy) is 1. The van der Waals surface area contributed by atoms with Crippen molar-refractivity contribution in [3.8, 4) is 17.3 Å². The van der Waals surface area contributed by atoms with E-state index in [4.69, 9.17) is 4.74 Å². The highest BCUT2D eigenvalue weighted by Crippen LogP contribution is 2.25. The summed E-state index contributed by atoms with van der Waals surface area (Å²) in [5.41, 5.74) is 1.63. The summed E-state index contributed by atoms with van der Waals surface area (Å²) >= 11 is 0. The topological polar surface area (TPSA) is 26.5 Å². The van der Waals surface area contributed by atoms with E-state index in [1.807, 2.05) is 28.7 Å². The lowest BCUT2D eigenvalue weighted by molar-refractivity contribution is 0.393. The maximum Gasteiger partial charge on any atom is 0.199 e. The Morgan fingerprint density at radius 2 is 2.00 bits per heavy atom. The van der Waals surface area contributed by atoms with Gasteiger partial charge >= 0.3 is 0 Å². The lowest BCUT2D eigenvalue weighted by Crippen LogP contribution is -1.96. The molecule has 0 aliphatic carbocycles. The Hall–Kier alpha value is -2.36. The predicted molar refractivity (Wildman–Crippen MR) is 67.1 cm³/mol. The van der Waals surface area contributed by atoms with Gasteiger partial charge in [-0.15, -0.1) is 0 Å². The summed E-state index contributed by atoms with van der Waals surface area (Å²) in [6, 6.07) is 12.0. The molecule has 18 heavy (non-hydrogen) atoms. The van der Waals surface area contributed by atoms with Gasteiger partial charge in [-0.3, -0.25) is 4.40 Å². The van der Waals surface area contributed by atoms with Crippen molar-refractivity contribution < 1.29 is 9.13 Å². The molecule has 2 heterocycles. The van der Waals surface area contributed by atoms with E-state index in [-0.39, 0.29) is 5.82 Å². The number of aromatic nitrogens is 2. The van der Waals surface area contributed by atoms with Gasteiger partial charge in [0.1, 0.15) is 11.6 Å². The van der Waals surface area contributed by atoms with Gasteiger partial charge in [-0.25, -0.2) is 9.37 Å². The number of hydrogen-bond donors (Lipinski definition) is 0. The third-order valence-corrected chi connectivity index (χ3v) is 2.81. The maximum absolute atomic E-state index is 13.3. The molecule has 0 unspecified atom stereocenters. The zero-order valence-corrected chi connectivity index (χ0v) is 9.80. The first-order chi connectivity index (χ1) is 8.79. The van der Waals surface area contributed by atoms with Gasteiger partial charge in [-0.2, -0.15) is 0 Å². The molecule has 4 heteroatoms. The van der Waals surface area contributed by atoms with Crippen molar-refractivity contribution in [2.45, 2.75) is 0 Å². The van der Waals surface area contributed by atoms with Crippen LogP contribution in [0.3, 0.4) is 0 Å². The molecule has 3 aromatic rings. The summed E-state index contributed by atoms with van der Waals surface area (Å²) in [4.78, 5) is 4.33. The minimum atomic E-state index is -0.279. The van der Waals surface area contributed by atoms with E-state index in [0.29, 0.717) is 11.7 Å². The summed E-state index contributed by atoms with van der Waals surface area (Å²) in [6.07, 6.45) is 1.74. The predicted octanol–water partition coefficient (Wildman–Crippen LogP) is 3.15. The van der Waals surface area contributed by atoms with E-state index in [0.717, 1.165) is 11.1 Å². The monoisotopic (exact) mass is 242 g/mol. The third kappa shape index (κ3) is 1.62. The second kappa shape index (κ2) is 4.14. The molecule has 0 saturated heterocycles. The quantitative estimate of drug-likeness (QED) is 0.690. The number of methoxy groups -OCH3 is 1. The fraction of sp³-hybridized carbons (Fsp3) is 0.0714. The van der Waals surface area contributed by atoms with E-state index in [1.54, 1.807) is 19.4 Å². The first-order valence-electron chi connectivity index (χ1n) is 5.56. The van der Waals surface area contributed by atoms with Crippen LogP contribution in [0.25, 0.3) is 16.9 Å². The van der Waals surface area contributed by atoms with Gasteiger partial charge in [0, 0.05) is 5.56 Å². The lowest BCUT2D eigenvalue weighted by atomic mass is 10.2. The van der Waals surface area contributed by atoms with Crippen LogP contribution in [0.1, 0.15) is 0 Å². The molecule has 0 N–H and O–H groups in total. The van der Waals surface area contributed by atoms with Crippen LogP contribution >= 0.6 is 0 Å². The number of rotatable bonds is 2. The molecule has 0 aliphatic rings. The normalized spacial score (nSPS) is 10.8. The van der Waals surface area contributed by atoms with Crippen LogP contribution in [-0.4, -0.2) is 16.5 Å². The van der Waals surface area contributed by atoms with Crippen molar-refractivity contribution in [2.75, 3.05) is 7.11 Å². The van der Waals surface area contributed by atoms with E-state index in [1.165, 1.54) is 12.1 Å². The molecule has 0 atom stereocenters. The van der Waals surface area contributed by atoms with E-state index < -0.39 is 0 Å². The summed E-state index contributed by atoms with van der Waals surface area (Å²) < 4.78 is 20.4. The standard InChI is InChI=1S/C14H11FN2O/c1-18-13-7-3-6-12-9-16-14(17(12)13)10-4-2-5-11(15)8-10/h2-9H,1H3. The van der Waals surface area contributed by atoms with Crippen LogP contribution in [0.5, 0.6) is 5.88 Å². The first kappa shape index (κ1) is 10.8. The number of pyridine rings is 1. The maximum atomic E-state index is 13.3. The number of halogens is 1. The minimum absolute atomic E-state index is 0.279. The smallest absolute Gasteiger partial charge is 0.199 e. The molecule has 0 aliphatic heterocycles. The molecule has 0 radical (unpaired) electrons. The average molecular weight is 242 g/mol. The van der Waals surface area contributed by atoms with E-state index >= 15 is 0 Å². The number of imidazole rings is 1. The van der Waals surface area contributed by atoms with Gasteiger partial charge in [0.15, 0.2) is 5.88 Å². The summed E-state index contributed by atoms with van der Waals surface area (Å²) in [6.45, 7) is 0. The highest BCUT2D eigenvalue weighted by molar-refractivity contribution is 5.63. The zero-order valence-electron chi connectivity index (χ0n) is 9.80. The summed E-state index contributed by atoms with van der Waals surface area (Å²) in [5, 5.41) is 0. The summed E-state index contributed by atoms with van der Waals surface area (Å²) in [7, 11) is 1.60. The number of hydrogen-bond acceptors (Lipinski definition) is 2. The lowest BCUT2D eigenvalue weighted by Gasteiger charge is -2.07. The number of nitrogens with zero attached hydrogens (tertiary/aromatic N) is 2. The molecule has 2 aromatic heterocycles. The van der Waals surface area contributed by atoms with Crippen molar-refractivity contribution in [3.63, 3.8) is 0 Å². The second-order valence-electron chi connectivity index (χ2n) is 3.92. The van der Waals surface area contributed by atoms with Crippen LogP contribution in [0.4, 0.5) is 4.39 Å². The molecule has 0 fully saturated rings. The van der Waals surface area contributed by atoms with Crippen LogP contribution < -0.4 is 4.74 Å². The Morgan fingerprint density at radius 1 is 1.17 bits per heavy atom. The van der Waals surface area contributed by atoms with Crippen LogP contribution in [0, 0.1) is 5.82 Å². The molecule has 90 valence electrons. The molecule has 0 spiro atoms. The Morgan fingerprint density at radius 3 is 2.78 bits per heavy atom. The zero-order chi connectivity index (χ0) is 12.5. The second-order valence-corrected chi connectivity index (χ2v) is 3.92. The van der Waals surface area contributed by atoms with Crippen molar-refractivity contribution in [3.05, 3.63) is 54.5 Å². The highest BCUT2D eigenvalue weighted by Gasteiger charge is 2.10. The molecule has 0 saturated carbocycles. The molecular formula is C14H11FN2O. The Kier molecular flexibility index (Phi) is 2.48. The van der Waals surface area contributed by atoms with Gasteiger partial charge in [0.05, 0.1) is 18.8 Å².